The summed E-state index contributed by atoms with van der Waals surface area (Å²) in [6.07, 6.45) is 1.06. The Morgan fingerprint density at radius 3 is 2.62 bits per heavy atom. The molecule has 1 aromatic carbocycles. The molecule has 0 saturated carbocycles. The number of benzene rings is 1. The molecule has 2 rings (SSSR count). The van der Waals surface area contributed by atoms with Crippen LogP contribution >= 0.6 is 11.5 Å². The Bertz CT molecular complexity index is 726. The van der Waals surface area contributed by atoms with Crippen LogP contribution in [0.5, 0.6) is 0 Å². The van der Waals surface area contributed by atoms with Crippen LogP contribution in [-0.2, 0) is 14.8 Å². The summed E-state index contributed by atoms with van der Waals surface area (Å²) in [6.45, 7) is -0.233. The topological polar surface area (TPSA) is 79.4 Å². The van der Waals surface area contributed by atoms with E-state index in [0.717, 1.165) is 16.1 Å². The highest BCUT2D eigenvalue weighted by atomic mass is 32.2. The van der Waals surface area contributed by atoms with Crippen molar-refractivity contribution in [3.8, 4) is 11.3 Å². The number of likely N-dealkylation sites (N-methyl/N-ethyl adjacent to an activating group) is 1. The Hall–Kier alpha value is -1.77. The molecule has 0 aliphatic carbocycles. The molecule has 0 unspecified atom stereocenters. The maximum Gasteiger partial charge on any atom is 0.239 e. The molecule has 8 heteroatoms. The van der Waals surface area contributed by atoms with E-state index in [2.05, 4.69) is 9.69 Å². The molecule has 0 bridgehead atoms. The minimum Gasteiger partial charge on any atom is -0.322 e. The van der Waals surface area contributed by atoms with Crippen LogP contribution in [0.4, 0.5) is 5.69 Å². The van der Waals surface area contributed by atoms with Crippen molar-refractivity contribution in [2.24, 2.45) is 0 Å². The lowest BCUT2D eigenvalue weighted by atomic mass is 10.1. The van der Waals surface area contributed by atoms with Gasteiger partial charge in [-0.15, -0.1) is 0 Å². The maximum absolute atomic E-state index is 11.9. The molecule has 0 radical (unpaired) electrons. The predicted molar refractivity (Wildman–Crippen MR) is 83.7 cm³/mol. The summed E-state index contributed by atoms with van der Waals surface area (Å²) in [5, 5.41) is 4.42. The highest BCUT2D eigenvalue weighted by Gasteiger charge is 2.17. The number of carbonyl (C=O) groups is 1. The van der Waals surface area contributed by atoms with Crippen LogP contribution in [0.25, 0.3) is 11.3 Å². The molecule has 0 saturated heterocycles. The number of nitrogens with zero attached hydrogens (tertiary/aromatic N) is 2. The van der Waals surface area contributed by atoms with Gasteiger partial charge in [-0.05, 0) is 11.5 Å². The number of hydrogen-bond donors (Lipinski definition) is 1. The van der Waals surface area contributed by atoms with Crippen LogP contribution in [-0.4, -0.2) is 42.9 Å². The van der Waals surface area contributed by atoms with Crippen LogP contribution in [0, 0.1) is 0 Å². The van der Waals surface area contributed by atoms with Crippen molar-refractivity contribution in [2.75, 3.05) is 25.2 Å². The highest BCUT2D eigenvalue weighted by molar-refractivity contribution is 7.88. The number of aromatic nitrogens is 1. The molecule has 6 nitrogen and oxygen atoms in total. The second-order valence-electron chi connectivity index (χ2n) is 4.51. The van der Waals surface area contributed by atoms with E-state index < -0.39 is 15.9 Å². The quantitative estimate of drug-likeness (QED) is 0.906. The summed E-state index contributed by atoms with van der Waals surface area (Å²) in [5.74, 6) is -0.402. The molecular formula is C13H15N3O3S2. The first-order chi connectivity index (χ1) is 9.88. The third-order valence-electron chi connectivity index (χ3n) is 2.82. The van der Waals surface area contributed by atoms with Gasteiger partial charge in [-0.2, -0.15) is 8.68 Å². The number of nitrogens with one attached hydrogen (secondary N) is 1. The molecule has 1 amide bonds. The van der Waals surface area contributed by atoms with Gasteiger partial charge in [0.2, 0.25) is 15.9 Å². The molecule has 2 aromatic rings. The van der Waals surface area contributed by atoms with Gasteiger partial charge in [0.1, 0.15) is 5.69 Å². The van der Waals surface area contributed by atoms with Crippen molar-refractivity contribution in [2.45, 2.75) is 0 Å². The first-order valence-corrected chi connectivity index (χ1v) is 8.77. The van der Waals surface area contributed by atoms with Crippen LogP contribution in [0.15, 0.2) is 35.7 Å². The van der Waals surface area contributed by atoms with Crippen molar-refractivity contribution in [3.05, 3.63) is 35.7 Å². The van der Waals surface area contributed by atoms with Crippen molar-refractivity contribution < 1.29 is 13.2 Å². The van der Waals surface area contributed by atoms with Gasteiger partial charge >= 0.3 is 0 Å². The average molecular weight is 325 g/mol. The van der Waals surface area contributed by atoms with Crippen molar-refractivity contribution in [3.63, 3.8) is 0 Å². The summed E-state index contributed by atoms with van der Waals surface area (Å²) >= 11 is 1.23. The zero-order valence-electron chi connectivity index (χ0n) is 11.6. The first-order valence-electron chi connectivity index (χ1n) is 6.09. The van der Waals surface area contributed by atoms with E-state index in [-0.39, 0.29) is 6.54 Å². The van der Waals surface area contributed by atoms with Gasteiger partial charge in [0.05, 0.1) is 18.5 Å². The molecule has 0 atom stereocenters. The number of amides is 1. The van der Waals surface area contributed by atoms with Crippen LogP contribution in [0.1, 0.15) is 0 Å². The summed E-state index contributed by atoms with van der Waals surface area (Å²) in [4.78, 5) is 11.9. The summed E-state index contributed by atoms with van der Waals surface area (Å²) in [7, 11) is -2.02. The van der Waals surface area contributed by atoms with E-state index in [0.29, 0.717) is 11.4 Å². The van der Waals surface area contributed by atoms with Gasteiger partial charge in [-0.25, -0.2) is 8.42 Å². The Morgan fingerprint density at radius 1 is 1.33 bits per heavy atom. The van der Waals surface area contributed by atoms with Crippen molar-refractivity contribution >= 4 is 33.2 Å². The van der Waals surface area contributed by atoms with Gasteiger partial charge in [-0.3, -0.25) is 4.79 Å². The number of rotatable bonds is 5. The molecule has 21 heavy (non-hydrogen) atoms. The number of anilines is 1. The van der Waals surface area contributed by atoms with Gasteiger partial charge in [0, 0.05) is 18.0 Å². The number of carbonyl (C=O) groups excluding carboxylic acids is 1. The van der Waals surface area contributed by atoms with E-state index >= 15 is 0 Å². The number of sulfonamides is 1. The van der Waals surface area contributed by atoms with E-state index in [1.165, 1.54) is 18.6 Å². The lowest BCUT2D eigenvalue weighted by Crippen LogP contribution is -2.34. The highest BCUT2D eigenvalue weighted by Crippen LogP contribution is 2.28. The minimum absolute atomic E-state index is 0.233. The van der Waals surface area contributed by atoms with Crippen molar-refractivity contribution in [1.29, 1.82) is 0 Å². The van der Waals surface area contributed by atoms with Crippen LogP contribution < -0.4 is 5.32 Å². The molecule has 1 N–H and O–H groups in total. The van der Waals surface area contributed by atoms with Gasteiger partial charge in [0.25, 0.3) is 0 Å². The number of hydrogen-bond acceptors (Lipinski definition) is 5. The average Bonchev–Trinajstić information content (AvgIpc) is 2.86. The van der Waals surface area contributed by atoms with Gasteiger partial charge in [0.15, 0.2) is 0 Å². The smallest absolute Gasteiger partial charge is 0.239 e. The Kier molecular flexibility index (Phi) is 4.71. The molecule has 1 aromatic heterocycles. The predicted octanol–water partition coefficient (Wildman–Crippen LogP) is 1.64. The van der Waals surface area contributed by atoms with E-state index in [4.69, 9.17) is 0 Å². The van der Waals surface area contributed by atoms with E-state index in [1.807, 2.05) is 30.3 Å². The molecule has 0 spiro atoms. The fraction of sp³-hybridized carbons (Fsp3) is 0.231. The zero-order valence-corrected chi connectivity index (χ0v) is 13.2. The lowest BCUT2D eigenvalue weighted by Gasteiger charge is -2.13. The van der Waals surface area contributed by atoms with Crippen LogP contribution in [0.3, 0.4) is 0 Å². The third-order valence-corrected chi connectivity index (χ3v) is 4.71. The molecule has 0 aliphatic heterocycles. The maximum atomic E-state index is 11.9. The fourth-order valence-corrected chi connectivity index (χ4v) is 2.63. The van der Waals surface area contributed by atoms with Crippen LogP contribution in [0.2, 0.25) is 0 Å². The Labute approximate surface area is 127 Å². The molecule has 0 aliphatic rings. The Morgan fingerprint density at radius 2 is 2.00 bits per heavy atom. The SMILES string of the molecule is CN(CC(=O)Nc1csnc1-c1ccccc1)S(C)(=O)=O. The van der Waals surface area contributed by atoms with Gasteiger partial charge in [-0.1, -0.05) is 30.3 Å². The summed E-state index contributed by atoms with van der Waals surface area (Å²) in [5.41, 5.74) is 2.15. The molecule has 1 heterocycles. The summed E-state index contributed by atoms with van der Waals surface area (Å²) in [6, 6.07) is 9.46. The monoisotopic (exact) mass is 325 g/mol. The van der Waals surface area contributed by atoms with Gasteiger partial charge < -0.3 is 5.32 Å². The molecule has 0 fully saturated rings. The normalized spacial score (nSPS) is 11.6. The van der Waals surface area contributed by atoms with E-state index in [9.17, 15) is 13.2 Å². The minimum atomic E-state index is -3.38. The standard InChI is InChI=1S/C13H15N3O3S2/c1-16(21(2,18)19)8-12(17)14-11-9-20-15-13(11)10-6-4-3-5-7-10/h3-7,9H,8H2,1-2H3,(H,14,17). The summed E-state index contributed by atoms with van der Waals surface area (Å²) < 4.78 is 27.8. The first kappa shape index (κ1) is 15.6. The van der Waals surface area contributed by atoms with E-state index in [1.54, 1.807) is 5.38 Å². The molecule has 112 valence electrons. The molecular weight excluding hydrogens is 310 g/mol. The zero-order chi connectivity index (χ0) is 15.5. The lowest BCUT2D eigenvalue weighted by molar-refractivity contribution is -0.116. The fourth-order valence-electron chi connectivity index (χ4n) is 1.64. The third kappa shape index (κ3) is 4.10. The Balaban J connectivity index is 2.11. The second kappa shape index (κ2) is 6.33. The largest absolute Gasteiger partial charge is 0.322 e. The second-order valence-corrected chi connectivity index (χ2v) is 7.23. The van der Waals surface area contributed by atoms with Crippen molar-refractivity contribution in [1.82, 2.24) is 8.68 Å².